The van der Waals surface area contributed by atoms with Gasteiger partial charge in [-0.05, 0) is 5.56 Å². The molecular weight excluding hydrogens is 130 g/mol. The first kappa shape index (κ1) is 6.65. The molecule has 0 spiro atoms. The van der Waals surface area contributed by atoms with E-state index in [4.69, 9.17) is 5.73 Å². The summed E-state index contributed by atoms with van der Waals surface area (Å²) in [7, 11) is 0. The van der Waals surface area contributed by atoms with Gasteiger partial charge in [0.25, 0.3) is 0 Å². The van der Waals surface area contributed by atoms with E-state index >= 15 is 0 Å². The summed E-state index contributed by atoms with van der Waals surface area (Å²) in [5.41, 5.74) is 8.13. The molecule has 47 valence electrons. The third-order valence-electron chi connectivity index (χ3n) is 1.12. The number of hydrogen-bond acceptors (Lipinski definition) is 1. The van der Waals surface area contributed by atoms with Crippen LogP contribution in [-0.2, 0) is 0 Å². The topological polar surface area (TPSA) is 23.8 Å². The second-order valence-electron chi connectivity index (χ2n) is 1.81. The zero-order valence-electron chi connectivity index (χ0n) is 4.91. The van der Waals surface area contributed by atoms with Gasteiger partial charge in [0.05, 0.1) is 5.37 Å². The van der Waals surface area contributed by atoms with E-state index in [9.17, 15) is 0 Å². The molecule has 1 radical (unpaired) electrons. The van der Waals surface area contributed by atoms with Gasteiger partial charge in [-0.3, -0.25) is 0 Å². The van der Waals surface area contributed by atoms with Crippen molar-refractivity contribution >= 4 is 12.6 Å². The first-order chi connectivity index (χ1) is 4.30. The van der Waals surface area contributed by atoms with Gasteiger partial charge in [0.15, 0.2) is 0 Å². The van der Waals surface area contributed by atoms with Crippen molar-refractivity contribution in [2.45, 2.75) is 5.37 Å². The lowest BCUT2D eigenvalue weighted by molar-refractivity contribution is 1.00. The van der Waals surface area contributed by atoms with Crippen LogP contribution in [0.15, 0.2) is 30.3 Å². The van der Waals surface area contributed by atoms with E-state index in [1.54, 1.807) is 0 Å². The van der Waals surface area contributed by atoms with Crippen LogP contribution in [0.5, 0.6) is 0 Å². The Morgan fingerprint density at radius 1 is 1.22 bits per heavy atom. The molecule has 1 N–H and O–H groups in total. The number of nitrogens with one attached hydrogen (secondary N) is 1. The van der Waals surface area contributed by atoms with Crippen LogP contribution < -0.4 is 5.73 Å². The molecule has 1 atom stereocenters. The Labute approximate surface area is 60.3 Å². The summed E-state index contributed by atoms with van der Waals surface area (Å²) < 4.78 is 0. The number of rotatable bonds is 1. The van der Waals surface area contributed by atoms with Gasteiger partial charge >= 0.3 is 0 Å². The first-order valence-corrected chi connectivity index (χ1v) is 3.26. The van der Waals surface area contributed by atoms with E-state index in [0.29, 0.717) is 0 Å². The molecule has 0 heterocycles. The Morgan fingerprint density at radius 3 is 2.11 bits per heavy atom. The lowest BCUT2D eigenvalue weighted by Gasteiger charge is -2.00. The highest BCUT2D eigenvalue weighted by Crippen LogP contribution is 2.13. The zero-order chi connectivity index (χ0) is 6.69. The van der Waals surface area contributed by atoms with E-state index < -0.39 is 5.37 Å². The van der Waals surface area contributed by atoms with Gasteiger partial charge in [0.2, 0.25) is 0 Å². The Bertz CT molecular complexity index is 172. The summed E-state index contributed by atoms with van der Waals surface area (Å²) in [6.45, 7) is 0. The minimum atomic E-state index is -0.397. The van der Waals surface area contributed by atoms with Crippen molar-refractivity contribution in [3.05, 3.63) is 35.9 Å². The molecule has 1 aromatic carbocycles. The highest BCUT2D eigenvalue weighted by molar-refractivity contribution is 7.80. The quantitative estimate of drug-likeness (QED) is 0.573. The predicted octanol–water partition coefficient (Wildman–Crippen LogP) is 1.90. The van der Waals surface area contributed by atoms with Crippen LogP contribution in [0.2, 0.25) is 0 Å². The second kappa shape index (κ2) is 2.90. The molecule has 0 amide bonds. The van der Waals surface area contributed by atoms with Gasteiger partial charge < -0.3 is 0 Å². The molecule has 0 saturated heterocycles. The largest absolute Gasteiger partial charge is 0.239 e. The molecule has 9 heavy (non-hydrogen) atoms. The van der Waals surface area contributed by atoms with E-state index in [1.807, 2.05) is 30.3 Å². The average Bonchev–Trinajstić information content (AvgIpc) is 1.90. The standard InChI is InChI=1S/C7H8NS/c8-7(9)6-4-2-1-3-5-6/h1-5,7-9H. The van der Waals surface area contributed by atoms with Crippen LogP contribution in [-0.4, -0.2) is 0 Å². The Kier molecular flexibility index (Phi) is 2.14. The van der Waals surface area contributed by atoms with Crippen molar-refractivity contribution in [2.24, 2.45) is 0 Å². The summed E-state index contributed by atoms with van der Waals surface area (Å²) in [6, 6.07) is 9.54. The van der Waals surface area contributed by atoms with Gasteiger partial charge in [0, 0.05) is 0 Å². The average molecular weight is 138 g/mol. The van der Waals surface area contributed by atoms with Crippen LogP contribution in [0.25, 0.3) is 0 Å². The van der Waals surface area contributed by atoms with E-state index in [0.717, 1.165) is 5.56 Å². The Balaban J connectivity index is 2.85. The molecule has 1 nitrogen and oxygen atoms in total. The minimum Gasteiger partial charge on any atom is -0.239 e. The molecule has 0 aromatic heterocycles. The van der Waals surface area contributed by atoms with Crippen molar-refractivity contribution in [1.82, 2.24) is 5.73 Å². The SMILES string of the molecule is [NH]C(S)c1ccccc1. The molecule has 0 saturated carbocycles. The minimum absolute atomic E-state index is 0.397. The van der Waals surface area contributed by atoms with E-state index in [1.165, 1.54) is 0 Å². The zero-order valence-corrected chi connectivity index (χ0v) is 5.81. The number of hydrogen-bond donors (Lipinski definition) is 1. The lowest BCUT2D eigenvalue weighted by Crippen LogP contribution is -1.87. The highest BCUT2D eigenvalue weighted by atomic mass is 32.1. The monoisotopic (exact) mass is 138 g/mol. The molecule has 1 unspecified atom stereocenters. The van der Waals surface area contributed by atoms with Crippen LogP contribution >= 0.6 is 12.6 Å². The maximum absolute atomic E-state index is 7.18. The summed E-state index contributed by atoms with van der Waals surface area (Å²) >= 11 is 3.95. The smallest absolute Gasteiger partial charge is 0.0888 e. The fraction of sp³-hybridized carbons (Fsp3) is 0.143. The van der Waals surface area contributed by atoms with E-state index in [2.05, 4.69) is 12.6 Å². The van der Waals surface area contributed by atoms with Crippen LogP contribution in [0, 0.1) is 0 Å². The van der Waals surface area contributed by atoms with Crippen molar-refractivity contribution in [1.29, 1.82) is 0 Å². The number of thiol groups is 1. The summed E-state index contributed by atoms with van der Waals surface area (Å²) in [4.78, 5) is 0. The maximum Gasteiger partial charge on any atom is 0.0888 e. The molecule has 0 bridgehead atoms. The van der Waals surface area contributed by atoms with Gasteiger partial charge in [-0.2, -0.15) is 12.6 Å². The molecular formula is C7H8NS. The molecule has 2 heteroatoms. The molecule has 1 rings (SSSR count). The van der Waals surface area contributed by atoms with Gasteiger partial charge in [-0.15, -0.1) is 0 Å². The Morgan fingerprint density at radius 2 is 1.78 bits per heavy atom. The predicted molar refractivity (Wildman–Crippen MR) is 41.3 cm³/mol. The molecule has 0 fully saturated rings. The summed E-state index contributed by atoms with van der Waals surface area (Å²) in [5.74, 6) is 0. The fourth-order valence-electron chi connectivity index (χ4n) is 0.635. The van der Waals surface area contributed by atoms with E-state index in [-0.39, 0.29) is 0 Å². The summed E-state index contributed by atoms with van der Waals surface area (Å²) in [6.07, 6.45) is 0. The third kappa shape index (κ3) is 1.73. The third-order valence-corrected chi connectivity index (χ3v) is 1.41. The van der Waals surface area contributed by atoms with Gasteiger partial charge in [-0.25, -0.2) is 5.73 Å². The summed E-state index contributed by atoms with van der Waals surface area (Å²) in [5, 5.41) is -0.397. The van der Waals surface area contributed by atoms with Gasteiger partial charge in [-0.1, -0.05) is 30.3 Å². The number of benzene rings is 1. The van der Waals surface area contributed by atoms with Crippen LogP contribution in [0.4, 0.5) is 0 Å². The molecule has 0 aliphatic heterocycles. The Hall–Kier alpha value is -0.470. The van der Waals surface area contributed by atoms with Crippen molar-refractivity contribution in [2.75, 3.05) is 0 Å². The fourth-order valence-corrected chi connectivity index (χ4v) is 0.807. The molecule has 0 aliphatic rings. The maximum atomic E-state index is 7.18. The highest BCUT2D eigenvalue weighted by Gasteiger charge is 1.95. The van der Waals surface area contributed by atoms with Crippen molar-refractivity contribution in [3.8, 4) is 0 Å². The van der Waals surface area contributed by atoms with Crippen LogP contribution in [0.3, 0.4) is 0 Å². The second-order valence-corrected chi connectivity index (χ2v) is 2.33. The lowest BCUT2D eigenvalue weighted by atomic mass is 10.2. The molecule has 1 aromatic rings. The van der Waals surface area contributed by atoms with Gasteiger partial charge in [0.1, 0.15) is 0 Å². The van der Waals surface area contributed by atoms with Crippen molar-refractivity contribution in [3.63, 3.8) is 0 Å². The molecule has 0 aliphatic carbocycles. The first-order valence-electron chi connectivity index (χ1n) is 2.75. The van der Waals surface area contributed by atoms with Crippen molar-refractivity contribution < 1.29 is 0 Å². The normalized spacial score (nSPS) is 13.1. The van der Waals surface area contributed by atoms with Crippen LogP contribution in [0.1, 0.15) is 10.9 Å².